The second-order valence-corrected chi connectivity index (χ2v) is 3.94. The van der Waals surface area contributed by atoms with Gasteiger partial charge in [-0.25, -0.2) is 9.48 Å². The van der Waals surface area contributed by atoms with Crippen LogP contribution >= 0.6 is 0 Å². The quantitative estimate of drug-likeness (QED) is 0.840. The number of hydrogen-bond donors (Lipinski definition) is 2. The zero-order chi connectivity index (χ0) is 13.7. The van der Waals surface area contributed by atoms with E-state index in [1.54, 1.807) is 6.07 Å². The van der Waals surface area contributed by atoms with Crippen LogP contribution in [0.15, 0.2) is 47.3 Å². The van der Waals surface area contributed by atoms with Gasteiger partial charge in [0.05, 0.1) is 12.2 Å². The van der Waals surface area contributed by atoms with Crippen LogP contribution in [-0.2, 0) is 6.54 Å². The summed E-state index contributed by atoms with van der Waals surface area (Å²) in [5.41, 5.74) is 6.38. The van der Waals surface area contributed by atoms with E-state index >= 15 is 0 Å². The summed E-state index contributed by atoms with van der Waals surface area (Å²) in [6.45, 7) is 0.545. The Morgan fingerprint density at radius 2 is 1.95 bits per heavy atom. The van der Waals surface area contributed by atoms with E-state index in [1.165, 1.54) is 10.7 Å². The average molecular weight is 258 g/mol. The molecule has 98 valence electrons. The van der Waals surface area contributed by atoms with E-state index in [0.717, 1.165) is 5.56 Å². The van der Waals surface area contributed by atoms with Gasteiger partial charge in [0, 0.05) is 18.2 Å². The van der Waals surface area contributed by atoms with E-state index in [-0.39, 0.29) is 18.6 Å². The second kappa shape index (κ2) is 5.81. The first kappa shape index (κ1) is 12.8. The Hall–Kier alpha value is -2.63. The monoisotopic (exact) mass is 258 g/mol. The number of carbonyl (C=O) groups is 1. The molecule has 2 aromatic rings. The van der Waals surface area contributed by atoms with Crippen molar-refractivity contribution >= 4 is 6.03 Å². The molecule has 1 aromatic heterocycles. The lowest BCUT2D eigenvalue weighted by molar-refractivity contribution is 0.248. The Labute approximate surface area is 109 Å². The fraction of sp³-hybridized carbons (Fsp3) is 0.154. The van der Waals surface area contributed by atoms with Crippen molar-refractivity contribution in [1.82, 2.24) is 15.1 Å². The van der Waals surface area contributed by atoms with Gasteiger partial charge in [0.1, 0.15) is 0 Å². The van der Waals surface area contributed by atoms with Crippen LogP contribution in [0.25, 0.3) is 11.3 Å². The van der Waals surface area contributed by atoms with E-state index in [0.29, 0.717) is 5.69 Å². The largest absolute Gasteiger partial charge is 0.352 e. The van der Waals surface area contributed by atoms with Gasteiger partial charge in [0.25, 0.3) is 5.56 Å². The highest BCUT2D eigenvalue weighted by atomic mass is 16.2. The Bertz CT molecular complexity index is 622. The minimum absolute atomic E-state index is 0.217. The Morgan fingerprint density at radius 3 is 2.63 bits per heavy atom. The van der Waals surface area contributed by atoms with Gasteiger partial charge in [-0.2, -0.15) is 5.10 Å². The molecule has 0 aliphatic heterocycles. The highest BCUT2D eigenvalue weighted by Crippen LogP contribution is 2.13. The van der Waals surface area contributed by atoms with E-state index in [2.05, 4.69) is 10.4 Å². The smallest absolute Gasteiger partial charge is 0.312 e. The molecule has 6 heteroatoms. The molecule has 0 unspecified atom stereocenters. The van der Waals surface area contributed by atoms with Gasteiger partial charge in [0.2, 0.25) is 0 Å². The number of amides is 2. The van der Waals surface area contributed by atoms with Crippen LogP contribution < -0.4 is 16.6 Å². The van der Waals surface area contributed by atoms with Crippen LogP contribution in [-0.4, -0.2) is 22.4 Å². The minimum Gasteiger partial charge on any atom is -0.352 e. The van der Waals surface area contributed by atoms with E-state index in [9.17, 15) is 9.59 Å². The third-order valence-corrected chi connectivity index (χ3v) is 2.56. The number of hydrogen-bond acceptors (Lipinski definition) is 3. The normalized spacial score (nSPS) is 10.1. The van der Waals surface area contributed by atoms with Crippen LogP contribution in [0.3, 0.4) is 0 Å². The Balaban J connectivity index is 2.20. The first-order valence-electron chi connectivity index (χ1n) is 5.84. The molecule has 2 rings (SSSR count). The molecule has 0 spiro atoms. The summed E-state index contributed by atoms with van der Waals surface area (Å²) >= 11 is 0. The van der Waals surface area contributed by atoms with Gasteiger partial charge in [0.15, 0.2) is 0 Å². The fourth-order valence-corrected chi connectivity index (χ4v) is 1.66. The summed E-state index contributed by atoms with van der Waals surface area (Å²) in [5.74, 6) is 0. The van der Waals surface area contributed by atoms with Crippen molar-refractivity contribution < 1.29 is 4.79 Å². The van der Waals surface area contributed by atoms with Gasteiger partial charge in [-0.1, -0.05) is 30.3 Å². The minimum atomic E-state index is -0.618. The number of urea groups is 1. The summed E-state index contributed by atoms with van der Waals surface area (Å²) in [5, 5.41) is 6.67. The number of rotatable bonds is 4. The summed E-state index contributed by atoms with van der Waals surface area (Å²) in [6.07, 6.45) is 0. The first-order chi connectivity index (χ1) is 9.16. The maximum absolute atomic E-state index is 11.6. The van der Waals surface area contributed by atoms with Crippen LogP contribution in [0.5, 0.6) is 0 Å². The van der Waals surface area contributed by atoms with Crippen LogP contribution in [0.1, 0.15) is 0 Å². The maximum atomic E-state index is 11.6. The zero-order valence-corrected chi connectivity index (χ0v) is 10.2. The third kappa shape index (κ3) is 3.41. The number of benzene rings is 1. The molecule has 1 heterocycles. The fourth-order valence-electron chi connectivity index (χ4n) is 1.66. The zero-order valence-electron chi connectivity index (χ0n) is 10.2. The van der Waals surface area contributed by atoms with Crippen LogP contribution in [0.2, 0.25) is 0 Å². The van der Waals surface area contributed by atoms with Gasteiger partial charge >= 0.3 is 6.03 Å². The standard InChI is InChI=1S/C13H14N4O2/c14-13(19)15-8-9-17-12(18)7-6-11(16-17)10-4-2-1-3-5-10/h1-7H,8-9H2,(H3,14,15,19). The van der Waals surface area contributed by atoms with E-state index < -0.39 is 6.03 Å². The van der Waals surface area contributed by atoms with Crippen LogP contribution in [0.4, 0.5) is 4.79 Å². The molecule has 0 fully saturated rings. The summed E-state index contributed by atoms with van der Waals surface area (Å²) in [6, 6.07) is 12.1. The van der Waals surface area contributed by atoms with E-state index in [4.69, 9.17) is 5.73 Å². The topological polar surface area (TPSA) is 90.0 Å². The molecule has 0 atom stereocenters. The molecule has 3 N–H and O–H groups in total. The molecule has 1 aromatic carbocycles. The third-order valence-electron chi connectivity index (χ3n) is 2.56. The molecule has 0 aliphatic carbocycles. The maximum Gasteiger partial charge on any atom is 0.312 e. The molecule has 0 bridgehead atoms. The van der Waals surface area contributed by atoms with Gasteiger partial charge in [-0.3, -0.25) is 4.79 Å². The highest BCUT2D eigenvalue weighted by molar-refractivity contribution is 5.71. The Morgan fingerprint density at radius 1 is 1.21 bits per heavy atom. The molecule has 0 radical (unpaired) electrons. The van der Waals surface area contributed by atoms with Crippen LogP contribution in [0, 0.1) is 0 Å². The van der Waals surface area contributed by atoms with Gasteiger partial charge in [-0.15, -0.1) is 0 Å². The molecule has 19 heavy (non-hydrogen) atoms. The molecular formula is C13H14N4O2. The predicted molar refractivity (Wildman–Crippen MR) is 71.5 cm³/mol. The molecule has 0 aliphatic rings. The number of aromatic nitrogens is 2. The lowest BCUT2D eigenvalue weighted by Gasteiger charge is -2.07. The second-order valence-electron chi connectivity index (χ2n) is 3.94. The van der Waals surface area contributed by atoms with Crippen molar-refractivity contribution in [3.63, 3.8) is 0 Å². The molecule has 0 saturated carbocycles. The molecule has 0 saturated heterocycles. The molecule has 2 amide bonds. The van der Waals surface area contributed by atoms with Crippen molar-refractivity contribution in [3.8, 4) is 11.3 Å². The van der Waals surface area contributed by atoms with Crippen molar-refractivity contribution in [2.45, 2.75) is 6.54 Å². The average Bonchev–Trinajstić information content (AvgIpc) is 2.41. The molecular weight excluding hydrogens is 244 g/mol. The highest BCUT2D eigenvalue weighted by Gasteiger charge is 2.03. The van der Waals surface area contributed by atoms with Gasteiger partial charge < -0.3 is 11.1 Å². The van der Waals surface area contributed by atoms with E-state index in [1.807, 2.05) is 30.3 Å². The summed E-state index contributed by atoms with van der Waals surface area (Å²) < 4.78 is 1.30. The SMILES string of the molecule is NC(=O)NCCn1nc(-c2ccccc2)ccc1=O. The lowest BCUT2D eigenvalue weighted by atomic mass is 10.1. The number of nitrogens with one attached hydrogen (secondary N) is 1. The van der Waals surface area contributed by atoms with Crippen molar-refractivity contribution in [2.24, 2.45) is 5.73 Å². The number of nitrogens with zero attached hydrogens (tertiary/aromatic N) is 2. The summed E-state index contributed by atoms with van der Waals surface area (Å²) in [7, 11) is 0. The lowest BCUT2D eigenvalue weighted by Crippen LogP contribution is -2.34. The molecule has 6 nitrogen and oxygen atoms in total. The Kier molecular flexibility index (Phi) is 3.92. The number of carbonyl (C=O) groups excluding carboxylic acids is 1. The number of primary amides is 1. The van der Waals surface area contributed by atoms with Crippen molar-refractivity contribution in [2.75, 3.05) is 6.54 Å². The first-order valence-corrected chi connectivity index (χ1v) is 5.84. The predicted octanol–water partition coefficient (Wildman–Crippen LogP) is 0.579. The number of nitrogens with two attached hydrogens (primary N) is 1. The van der Waals surface area contributed by atoms with Crippen molar-refractivity contribution in [1.29, 1.82) is 0 Å². The van der Waals surface area contributed by atoms with Gasteiger partial charge in [-0.05, 0) is 6.07 Å². The van der Waals surface area contributed by atoms with Crippen molar-refractivity contribution in [3.05, 3.63) is 52.8 Å². The summed E-state index contributed by atoms with van der Waals surface area (Å²) in [4.78, 5) is 22.2.